The molecule has 0 radical (unpaired) electrons. The van der Waals surface area contributed by atoms with E-state index >= 15 is 0 Å². The SMILES string of the molecule is CCNC(=NCCN1CCCS1(=O)=O)N1CCC(Oc2ccccc2)CC1.I. The molecule has 158 valence electrons. The topological polar surface area (TPSA) is 74.2 Å². The van der Waals surface area contributed by atoms with E-state index in [0.29, 0.717) is 19.6 Å². The molecule has 7 nitrogen and oxygen atoms in total. The second-order valence-electron chi connectivity index (χ2n) is 6.92. The van der Waals surface area contributed by atoms with E-state index in [2.05, 4.69) is 15.2 Å². The molecule has 2 aliphatic rings. The lowest BCUT2D eigenvalue weighted by Crippen LogP contribution is -2.47. The van der Waals surface area contributed by atoms with Gasteiger partial charge < -0.3 is 15.0 Å². The summed E-state index contributed by atoms with van der Waals surface area (Å²) in [4.78, 5) is 6.90. The molecule has 2 fully saturated rings. The number of rotatable bonds is 6. The minimum Gasteiger partial charge on any atom is -0.490 e. The molecule has 9 heteroatoms. The number of benzene rings is 1. The monoisotopic (exact) mass is 522 g/mol. The molecule has 0 atom stereocenters. The van der Waals surface area contributed by atoms with Crippen LogP contribution < -0.4 is 10.1 Å². The van der Waals surface area contributed by atoms with E-state index in [1.807, 2.05) is 37.3 Å². The fourth-order valence-corrected chi connectivity index (χ4v) is 5.03. The minimum atomic E-state index is -3.05. The van der Waals surface area contributed by atoms with E-state index < -0.39 is 10.0 Å². The third kappa shape index (κ3) is 6.48. The molecule has 3 rings (SSSR count). The molecule has 2 heterocycles. The Labute approximate surface area is 185 Å². The summed E-state index contributed by atoms with van der Waals surface area (Å²) in [6.45, 7) is 6.17. The zero-order valence-corrected chi connectivity index (χ0v) is 19.6. The van der Waals surface area contributed by atoms with Gasteiger partial charge >= 0.3 is 0 Å². The summed E-state index contributed by atoms with van der Waals surface area (Å²) in [5, 5.41) is 3.33. The van der Waals surface area contributed by atoms with Gasteiger partial charge in [-0.2, -0.15) is 0 Å². The first-order valence-electron chi connectivity index (χ1n) is 9.81. The molecule has 0 unspecified atom stereocenters. The Bertz CT molecular complexity index is 722. The summed E-state index contributed by atoms with van der Waals surface area (Å²) in [5.41, 5.74) is 0. The first-order chi connectivity index (χ1) is 13.1. The van der Waals surface area contributed by atoms with Crippen LogP contribution in [0, 0.1) is 0 Å². The van der Waals surface area contributed by atoms with Crippen LogP contribution in [-0.4, -0.2) is 74.7 Å². The van der Waals surface area contributed by atoms with Gasteiger partial charge in [-0.05, 0) is 25.5 Å². The maximum atomic E-state index is 11.9. The second kappa shape index (κ2) is 11.2. The van der Waals surface area contributed by atoms with Crippen LogP contribution in [0.25, 0.3) is 0 Å². The molecule has 0 amide bonds. The lowest BCUT2D eigenvalue weighted by molar-refractivity contribution is 0.129. The van der Waals surface area contributed by atoms with Crippen LogP contribution in [0.2, 0.25) is 0 Å². The summed E-state index contributed by atoms with van der Waals surface area (Å²) in [6.07, 6.45) is 2.84. The van der Waals surface area contributed by atoms with Crippen molar-refractivity contribution in [1.29, 1.82) is 0 Å². The number of aliphatic imine (C=N–C) groups is 1. The number of piperidine rings is 1. The van der Waals surface area contributed by atoms with Crippen molar-refractivity contribution in [3.8, 4) is 5.75 Å². The van der Waals surface area contributed by atoms with Crippen molar-refractivity contribution >= 4 is 40.0 Å². The van der Waals surface area contributed by atoms with Crippen molar-refractivity contribution < 1.29 is 13.2 Å². The number of ether oxygens (including phenoxy) is 1. The molecule has 0 saturated carbocycles. The summed E-state index contributed by atoms with van der Waals surface area (Å²) in [7, 11) is -3.05. The number of hydrogen-bond acceptors (Lipinski definition) is 4. The fraction of sp³-hybridized carbons (Fsp3) is 0.632. The predicted octanol–water partition coefficient (Wildman–Crippen LogP) is 2.15. The molecule has 0 aromatic heterocycles. The van der Waals surface area contributed by atoms with Gasteiger partial charge in [-0.3, -0.25) is 4.99 Å². The van der Waals surface area contributed by atoms with E-state index in [9.17, 15) is 8.42 Å². The highest BCUT2D eigenvalue weighted by molar-refractivity contribution is 14.0. The van der Waals surface area contributed by atoms with Crippen molar-refractivity contribution in [3.63, 3.8) is 0 Å². The highest BCUT2D eigenvalue weighted by atomic mass is 127. The predicted molar refractivity (Wildman–Crippen MR) is 123 cm³/mol. The van der Waals surface area contributed by atoms with Crippen molar-refractivity contribution in [3.05, 3.63) is 30.3 Å². The minimum absolute atomic E-state index is 0. The molecule has 2 aliphatic heterocycles. The van der Waals surface area contributed by atoms with Gasteiger partial charge in [0.05, 0.1) is 12.3 Å². The zero-order chi connectivity index (χ0) is 19.1. The Morgan fingerprint density at radius 1 is 1.21 bits per heavy atom. The van der Waals surface area contributed by atoms with Gasteiger partial charge in [-0.15, -0.1) is 24.0 Å². The number of para-hydroxylation sites is 1. The summed E-state index contributed by atoms with van der Waals surface area (Å²) < 4.78 is 31.4. The van der Waals surface area contributed by atoms with E-state index in [-0.39, 0.29) is 35.8 Å². The summed E-state index contributed by atoms with van der Waals surface area (Å²) in [6, 6.07) is 9.94. The Kier molecular flexibility index (Phi) is 9.29. The summed E-state index contributed by atoms with van der Waals surface area (Å²) >= 11 is 0. The van der Waals surface area contributed by atoms with E-state index in [1.54, 1.807) is 4.31 Å². The third-order valence-electron chi connectivity index (χ3n) is 4.94. The number of halogens is 1. The Balaban J connectivity index is 0.00000280. The lowest BCUT2D eigenvalue weighted by Gasteiger charge is -2.34. The number of nitrogens with one attached hydrogen (secondary N) is 1. The normalized spacial score (nSPS) is 20.6. The maximum Gasteiger partial charge on any atom is 0.214 e. The van der Waals surface area contributed by atoms with Crippen molar-refractivity contribution in [1.82, 2.24) is 14.5 Å². The van der Waals surface area contributed by atoms with Crippen LogP contribution in [0.5, 0.6) is 5.75 Å². The molecule has 0 spiro atoms. The van der Waals surface area contributed by atoms with Crippen molar-refractivity contribution in [2.75, 3.05) is 45.0 Å². The first-order valence-corrected chi connectivity index (χ1v) is 11.4. The van der Waals surface area contributed by atoms with Crippen molar-refractivity contribution in [2.45, 2.75) is 32.3 Å². The molecule has 0 aliphatic carbocycles. The van der Waals surface area contributed by atoms with Crippen LogP contribution >= 0.6 is 24.0 Å². The molecular formula is C19H31IN4O3S. The van der Waals surface area contributed by atoms with Crippen LogP contribution in [0.4, 0.5) is 0 Å². The first kappa shape index (κ1) is 23.2. The van der Waals surface area contributed by atoms with Gasteiger partial charge in [-0.25, -0.2) is 12.7 Å². The molecule has 1 aromatic carbocycles. The van der Waals surface area contributed by atoms with Gasteiger partial charge in [0.1, 0.15) is 11.9 Å². The quantitative estimate of drug-likeness (QED) is 0.352. The van der Waals surface area contributed by atoms with Crippen molar-refractivity contribution in [2.24, 2.45) is 4.99 Å². The maximum absolute atomic E-state index is 11.9. The van der Waals surface area contributed by atoms with Crippen LogP contribution in [-0.2, 0) is 10.0 Å². The molecule has 0 bridgehead atoms. The second-order valence-corrected chi connectivity index (χ2v) is 9.01. The highest BCUT2D eigenvalue weighted by Crippen LogP contribution is 2.19. The number of guanidine groups is 1. The average Bonchev–Trinajstić information content (AvgIpc) is 3.01. The molecule has 28 heavy (non-hydrogen) atoms. The molecule has 2 saturated heterocycles. The molecule has 1 aromatic rings. The smallest absolute Gasteiger partial charge is 0.214 e. The van der Waals surface area contributed by atoms with Gasteiger partial charge in [0, 0.05) is 45.6 Å². The van der Waals surface area contributed by atoms with E-state index in [1.165, 1.54) is 0 Å². The number of likely N-dealkylation sites (tertiary alicyclic amines) is 1. The number of hydrogen-bond donors (Lipinski definition) is 1. The Morgan fingerprint density at radius 3 is 2.54 bits per heavy atom. The number of nitrogens with zero attached hydrogens (tertiary/aromatic N) is 3. The van der Waals surface area contributed by atoms with E-state index in [0.717, 1.165) is 50.6 Å². The Morgan fingerprint density at radius 2 is 1.93 bits per heavy atom. The van der Waals surface area contributed by atoms with Crippen LogP contribution in [0.15, 0.2) is 35.3 Å². The molecule has 1 N–H and O–H groups in total. The highest BCUT2D eigenvalue weighted by Gasteiger charge is 2.27. The largest absolute Gasteiger partial charge is 0.490 e. The van der Waals surface area contributed by atoms with Gasteiger partial charge in [0.25, 0.3) is 0 Å². The van der Waals surface area contributed by atoms with E-state index in [4.69, 9.17) is 4.74 Å². The van der Waals surface area contributed by atoms with Crippen LogP contribution in [0.1, 0.15) is 26.2 Å². The fourth-order valence-electron chi connectivity index (χ4n) is 3.51. The van der Waals surface area contributed by atoms with Gasteiger partial charge in [-0.1, -0.05) is 18.2 Å². The standard InChI is InChI=1S/C19H30N4O3S.HI/c1-2-20-19(21-11-15-23-12-6-16-27(23,24)25)22-13-9-18(10-14-22)26-17-7-4-3-5-8-17;/h3-5,7-8,18H,2,6,9-16H2,1H3,(H,20,21);1H. The average molecular weight is 522 g/mol. The molecular weight excluding hydrogens is 491 g/mol. The van der Waals surface area contributed by atoms with Crippen LogP contribution in [0.3, 0.4) is 0 Å². The Hall–Kier alpha value is -1.07. The lowest BCUT2D eigenvalue weighted by atomic mass is 10.1. The third-order valence-corrected chi connectivity index (χ3v) is 6.89. The van der Waals surface area contributed by atoms with Gasteiger partial charge in [0.2, 0.25) is 10.0 Å². The zero-order valence-electron chi connectivity index (χ0n) is 16.4. The number of sulfonamides is 1. The summed E-state index contributed by atoms with van der Waals surface area (Å²) in [5.74, 6) is 2.06. The van der Waals surface area contributed by atoms with Gasteiger partial charge in [0.15, 0.2) is 5.96 Å².